The second kappa shape index (κ2) is 7.64. The number of hydrogen-bond acceptors (Lipinski definition) is 6. The van der Waals surface area contributed by atoms with Crippen molar-refractivity contribution in [3.8, 4) is 5.75 Å². The van der Waals surface area contributed by atoms with Gasteiger partial charge in [-0.3, -0.25) is 9.59 Å². The van der Waals surface area contributed by atoms with Crippen LogP contribution in [0.15, 0.2) is 22.6 Å². The number of halogens is 1. The van der Waals surface area contributed by atoms with Crippen LogP contribution in [-0.2, 0) is 15.9 Å². The van der Waals surface area contributed by atoms with Gasteiger partial charge in [-0.1, -0.05) is 11.8 Å². The molecule has 2 atom stereocenters. The average molecular weight is 468 g/mol. The molecule has 1 aliphatic rings. The van der Waals surface area contributed by atoms with Crippen molar-refractivity contribution in [1.29, 1.82) is 0 Å². The molecule has 0 fully saturated rings. The van der Waals surface area contributed by atoms with Crippen LogP contribution < -0.4 is 15.4 Å². The minimum atomic E-state index is -2.13. The number of aryl methyl sites for hydroxylation is 1. The highest BCUT2D eigenvalue weighted by Gasteiger charge is 2.24. The Balaban J connectivity index is 2.19. The Bertz CT molecular complexity index is 723. The Morgan fingerprint density at radius 1 is 1.48 bits per heavy atom. The van der Waals surface area contributed by atoms with Gasteiger partial charge in [-0.2, -0.15) is 0 Å². The van der Waals surface area contributed by atoms with Gasteiger partial charge in [0.25, 0.3) is 5.91 Å². The maximum absolute atomic E-state index is 12.5. The molecule has 1 aromatic carbocycles. The van der Waals surface area contributed by atoms with Crippen molar-refractivity contribution in [3.63, 3.8) is 0 Å². The molecule has 1 aromatic rings. The molecule has 0 bridgehead atoms. The lowest BCUT2D eigenvalue weighted by Gasteiger charge is -2.16. The van der Waals surface area contributed by atoms with E-state index < -0.39 is 28.5 Å². The highest BCUT2D eigenvalue weighted by atomic mass is 127. The van der Waals surface area contributed by atoms with Crippen LogP contribution in [0.4, 0.5) is 0 Å². The van der Waals surface area contributed by atoms with E-state index in [0.29, 0.717) is 5.56 Å². The maximum Gasteiger partial charge on any atom is 0.308 e. The number of rotatable bonds is 4. The molecule has 3 N–H and O–H groups in total. The molecule has 1 heterocycles. The van der Waals surface area contributed by atoms with E-state index >= 15 is 0 Å². The van der Waals surface area contributed by atoms with Gasteiger partial charge in [-0.25, -0.2) is 4.21 Å². The minimum absolute atomic E-state index is 0.124. The average Bonchev–Trinajstić information content (AvgIpc) is 2.89. The number of esters is 1. The Morgan fingerprint density at radius 2 is 2.17 bits per heavy atom. The molecule has 0 spiro atoms. The highest BCUT2D eigenvalue weighted by Crippen LogP contribution is 2.28. The van der Waals surface area contributed by atoms with Crippen LogP contribution in [0.1, 0.15) is 22.8 Å². The fourth-order valence-corrected chi connectivity index (χ4v) is 4.13. The van der Waals surface area contributed by atoms with Crippen LogP contribution >= 0.6 is 34.4 Å². The van der Waals surface area contributed by atoms with E-state index in [1.54, 1.807) is 19.1 Å². The first-order chi connectivity index (χ1) is 10.8. The zero-order valence-corrected chi connectivity index (χ0v) is 15.9. The van der Waals surface area contributed by atoms with Gasteiger partial charge in [0.15, 0.2) is 5.50 Å². The summed E-state index contributed by atoms with van der Waals surface area (Å²) in [6.45, 7) is 3.01. The van der Waals surface area contributed by atoms with Gasteiger partial charge < -0.3 is 19.9 Å². The van der Waals surface area contributed by atoms with Gasteiger partial charge in [0.05, 0.1) is 5.56 Å². The fraction of sp³-hybridized carbons (Fsp3) is 0.231. The van der Waals surface area contributed by atoms with E-state index in [4.69, 9.17) is 9.29 Å². The molecular weight excluding hydrogens is 455 g/mol. The number of nitrogens with one attached hydrogen (secondary N) is 2. The predicted octanol–water partition coefficient (Wildman–Crippen LogP) is 1.90. The molecule has 1 aliphatic heterocycles. The van der Waals surface area contributed by atoms with Crippen LogP contribution in [0.25, 0.3) is 0 Å². The van der Waals surface area contributed by atoms with E-state index in [2.05, 4.69) is 33.2 Å². The third kappa shape index (κ3) is 4.68. The van der Waals surface area contributed by atoms with Gasteiger partial charge in [-0.05, 0) is 47.2 Å². The number of carbonyl (C=O) groups is 2. The molecule has 10 heteroatoms. The molecule has 0 aromatic heterocycles. The SMILES string of the molecule is CC(=O)Oc1c(C)cc(I)cc1C(=O)NC1NC(S(=O)O)=CS1. The zero-order chi connectivity index (χ0) is 17.1. The molecular formula is C13H13IN2O5S2. The molecule has 2 unspecified atom stereocenters. The summed E-state index contributed by atoms with van der Waals surface area (Å²) in [5.41, 5.74) is 0.321. The lowest BCUT2D eigenvalue weighted by Crippen LogP contribution is -2.40. The van der Waals surface area contributed by atoms with Gasteiger partial charge in [0.1, 0.15) is 10.8 Å². The summed E-state index contributed by atoms with van der Waals surface area (Å²) in [4.78, 5) is 23.7. The van der Waals surface area contributed by atoms with E-state index in [0.717, 1.165) is 15.3 Å². The Morgan fingerprint density at radius 3 is 2.74 bits per heavy atom. The topological polar surface area (TPSA) is 105 Å². The molecule has 0 aliphatic carbocycles. The summed E-state index contributed by atoms with van der Waals surface area (Å²) in [6, 6.07) is 3.41. The lowest BCUT2D eigenvalue weighted by molar-refractivity contribution is -0.131. The molecule has 0 radical (unpaired) electrons. The van der Waals surface area contributed by atoms with Gasteiger partial charge in [0, 0.05) is 15.9 Å². The summed E-state index contributed by atoms with van der Waals surface area (Å²) in [5.74, 6) is -0.764. The molecule has 2 rings (SSSR count). The van der Waals surface area contributed by atoms with Crippen molar-refractivity contribution in [3.05, 3.63) is 37.3 Å². The smallest absolute Gasteiger partial charge is 0.308 e. The second-order valence-corrected chi connectivity index (χ2v) is 7.72. The Kier molecular flexibility index (Phi) is 6.06. The first-order valence-electron chi connectivity index (χ1n) is 6.30. The number of carbonyl (C=O) groups excluding carboxylic acids is 2. The number of hydrogen-bond donors (Lipinski definition) is 3. The second-order valence-electron chi connectivity index (χ2n) is 4.56. The van der Waals surface area contributed by atoms with Gasteiger partial charge in [-0.15, -0.1) is 0 Å². The third-order valence-electron chi connectivity index (χ3n) is 2.76. The normalized spacial score (nSPS) is 17.9. The maximum atomic E-state index is 12.5. The van der Waals surface area contributed by atoms with Crippen molar-refractivity contribution in [2.45, 2.75) is 19.3 Å². The van der Waals surface area contributed by atoms with Crippen LogP contribution in [0.2, 0.25) is 0 Å². The minimum Gasteiger partial charge on any atom is -0.426 e. The van der Waals surface area contributed by atoms with Crippen molar-refractivity contribution < 1.29 is 23.1 Å². The lowest BCUT2D eigenvalue weighted by atomic mass is 10.1. The van der Waals surface area contributed by atoms with E-state index in [1.165, 1.54) is 12.3 Å². The molecule has 23 heavy (non-hydrogen) atoms. The number of ether oxygens (including phenoxy) is 1. The van der Waals surface area contributed by atoms with Crippen LogP contribution in [-0.4, -0.2) is 26.1 Å². The highest BCUT2D eigenvalue weighted by molar-refractivity contribution is 14.1. The molecule has 124 valence electrons. The summed E-state index contributed by atoms with van der Waals surface area (Å²) in [7, 11) is 0. The van der Waals surface area contributed by atoms with Crippen molar-refractivity contribution >= 4 is 57.3 Å². The number of amides is 1. The zero-order valence-electron chi connectivity index (χ0n) is 12.1. The molecule has 0 saturated heterocycles. The van der Waals surface area contributed by atoms with E-state index in [-0.39, 0.29) is 16.3 Å². The third-order valence-corrected chi connectivity index (χ3v) is 5.03. The Hall–Kier alpha value is -1.11. The number of benzene rings is 1. The van der Waals surface area contributed by atoms with Crippen molar-refractivity contribution in [2.24, 2.45) is 0 Å². The molecule has 7 nitrogen and oxygen atoms in total. The molecule has 0 saturated carbocycles. The summed E-state index contributed by atoms with van der Waals surface area (Å²) >= 11 is 1.10. The summed E-state index contributed by atoms with van der Waals surface area (Å²) < 4.78 is 25.9. The van der Waals surface area contributed by atoms with E-state index in [1.807, 2.05) is 0 Å². The quantitative estimate of drug-likeness (QED) is 0.268. The number of thioether (sulfide) groups is 1. The van der Waals surface area contributed by atoms with Crippen LogP contribution in [0.5, 0.6) is 5.75 Å². The van der Waals surface area contributed by atoms with E-state index in [9.17, 15) is 13.8 Å². The first-order valence-corrected chi connectivity index (χ1v) is 9.43. The van der Waals surface area contributed by atoms with Crippen molar-refractivity contribution in [1.82, 2.24) is 10.6 Å². The van der Waals surface area contributed by atoms with Gasteiger partial charge >= 0.3 is 5.97 Å². The summed E-state index contributed by atoms with van der Waals surface area (Å²) in [5, 5.41) is 6.97. The standard InChI is InChI=1S/C13H13IN2O5S2/c1-6-3-8(14)4-9(11(6)21-7(2)17)12(18)16-13-15-10(5-22-13)23(19)20/h3-5,13,15H,1-2H3,(H,16,18)(H,19,20). The first kappa shape index (κ1) is 18.2. The Labute approximate surface area is 153 Å². The predicted molar refractivity (Wildman–Crippen MR) is 96.0 cm³/mol. The summed E-state index contributed by atoms with van der Waals surface area (Å²) in [6.07, 6.45) is 0. The van der Waals surface area contributed by atoms with Gasteiger partial charge in [0.2, 0.25) is 11.1 Å². The van der Waals surface area contributed by atoms with Crippen LogP contribution in [0.3, 0.4) is 0 Å². The monoisotopic (exact) mass is 468 g/mol. The van der Waals surface area contributed by atoms with Crippen molar-refractivity contribution in [2.75, 3.05) is 0 Å². The molecule has 1 amide bonds. The fourth-order valence-electron chi connectivity index (χ4n) is 1.86. The largest absolute Gasteiger partial charge is 0.426 e. The van der Waals surface area contributed by atoms with Crippen LogP contribution in [0, 0.1) is 10.5 Å².